The van der Waals surface area contributed by atoms with E-state index in [0.717, 1.165) is 12.1 Å². The summed E-state index contributed by atoms with van der Waals surface area (Å²) < 4.78 is 47.1. The molecule has 1 unspecified atom stereocenters. The molecule has 10 heteroatoms. The van der Waals surface area contributed by atoms with Gasteiger partial charge in [0.15, 0.2) is 0 Å². The second kappa shape index (κ2) is 6.21. The van der Waals surface area contributed by atoms with Crippen LogP contribution in [0.2, 0.25) is 0 Å². The molecule has 6 nitrogen and oxygen atoms in total. The van der Waals surface area contributed by atoms with Gasteiger partial charge in [-0.05, 0) is 24.3 Å². The van der Waals surface area contributed by atoms with Gasteiger partial charge in [0, 0.05) is 22.0 Å². The quantitative estimate of drug-likeness (QED) is 0.754. The zero-order valence-electron chi connectivity index (χ0n) is 12.3. The number of H-pyrrole nitrogens is 1. The number of nitrogens with zero attached hydrogens (tertiary/aromatic N) is 3. The van der Waals surface area contributed by atoms with Gasteiger partial charge in [-0.1, -0.05) is 0 Å². The molecule has 0 saturated heterocycles. The van der Waals surface area contributed by atoms with E-state index in [2.05, 4.69) is 19.3 Å². The Morgan fingerprint density at radius 2 is 1.96 bits per heavy atom. The third-order valence-electron chi connectivity index (χ3n) is 3.18. The monoisotopic (exact) mass is 355 g/mol. The summed E-state index contributed by atoms with van der Waals surface area (Å²) in [6, 6.07) is 4.79. The first kappa shape index (κ1) is 16.4. The van der Waals surface area contributed by atoms with Gasteiger partial charge in [0.2, 0.25) is 0 Å². The van der Waals surface area contributed by atoms with Crippen molar-refractivity contribution in [1.29, 1.82) is 0 Å². The van der Waals surface area contributed by atoms with Crippen molar-refractivity contribution in [3.8, 4) is 6.01 Å². The molecule has 0 amide bonds. The van der Waals surface area contributed by atoms with Gasteiger partial charge in [0.25, 0.3) is 0 Å². The van der Waals surface area contributed by atoms with Crippen molar-refractivity contribution in [2.24, 2.45) is 9.50 Å². The van der Waals surface area contributed by atoms with Crippen molar-refractivity contribution >= 4 is 27.6 Å². The van der Waals surface area contributed by atoms with Crippen molar-refractivity contribution < 1.29 is 17.9 Å². The summed E-state index contributed by atoms with van der Waals surface area (Å²) in [5.41, 5.74) is 0.930. The highest BCUT2D eigenvalue weighted by Gasteiger charge is 2.30. The summed E-state index contributed by atoms with van der Waals surface area (Å²) >= 11 is 0. The molecule has 24 heavy (non-hydrogen) atoms. The number of hydrogen-bond acceptors (Lipinski definition) is 4. The van der Waals surface area contributed by atoms with E-state index in [-0.39, 0.29) is 6.01 Å². The topological polar surface area (TPSA) is 89.2 Å². The van der Waals surface area contributed by atoms with Gasteiger partial charge in [-0.2, -0.15) is 18.2 Å². The third kappa shape index (κ3) is 3.24. The van der Waals surface area contributed by atoms with E-state index in [1.54, 1.807) is 12.4 Å². The maximum absolute atomic E-state index is 12.6. The number of fused-ring (bicyclic) bond motifs is 1. The van der Waals surface area contributed by atoms with Crippen molar-refractivity contribution in [2.45, 2.75) is 11.1 Å². The number of methoxy groups -OCH3 is 1. The number of benzene rings is 1. The van der Waals surface area contributed by atoms with Gasteiger partial charge < -0.3 is 9.72 Å². The fourth-order valence-electron chi connectivity index (χ4n) is 1.99. The lowest BCUT2D eigenvalue weighted by molar-refractivity contribution is -0.137. The van der Waals surface area contributed by atoms with Crippen LogP contribution in [0, 0.1) is 0 Å². The van der Waals surface area contributed by atoms with Gasteiger partial charge in [-0.3, -0.25) is 5.14 Å². The minimum absolute atomic E-state index is 0.185. The molecule has 3 rings (SSSR count). The van der Waals surface area contributed by atoms with Crippen LogP contribution in [-0.4, -0.2) is 22.1 Å². The molecule has 0 bridgehead atoms. The minimum atomic E-state index is -4.38. The van der Waals surface area contributed by atoms with E-state index >= 15 is 0 Å². The van der Waals surface area contributed by atoms with Gasteiger partial charge in [-0.25, -0.2) is 9.35 Å². The summed E-state index contributed by atoms with van der Waals surface area (Å²) in [7, 11) is 0.319. The first-order valence-corrected chi connectivity index (χ1v) is 7.89. The van der Waals surface area contributed by atoms with Crippen LogP contribution in [0.5, 0.6) is 6.01 Å². The number of aromatic amines is 1. The van der Waals surface area contributed by atoms with Crippen molar-refractivity contribution in [1.82, 2.24) is 15.0 Å². The Morgan fingerprint density at radius 3 is 2.58 bits per heavy atom. The van der Waals surface area contributed by atoms with Crippen LogP contribution in [0.15, 0.2) is 45.9 Å². The lowest BCUT2D eigenvalue weighted by atomic mass is 10.2. The Kier molecular flexibility index (Phi) is 4.24. The number of aromatic nitrogens is 3. The van der Waals surface area contributed by atoms with E-state index < -0.39 is 22.6 Å². The number of ether oxygens (including phenoxy) is 1. The summed E-state index contributed by atoms with van der Waals surface area (Å²) in [5.74, 6) is 0. The van der Waals surface area contributed by atoms with Crippen molar-refractivity contribution in [3.05, 3.63) is 42.2 Å². The summed E-state index contributed by atoms with van der Waals surface area (Å²) in [6.07, 6.45) is -1.23. The number of rotatable bonds is 3. The minimum Gasteiger partial charge on any atom is -0.467 e. The number of hydrogen-bond donors (Lipinski definition) is 2. The van der Waals surface area contributed by atoms with E-state index in [1.807, 2.05) is 0 Å². The fraction of sp³-hybridized carbons (Fsp3) is 0.143. The highest BCUT2D eigenvalue weighted by molar-refractivity contribution is 7.85. The van der Waals surface area contributed by atoms with Crippen LogP contribution < -0.4 is 9.88 Å². The van der Waals surface area contributed by atoms with Crippen molar-refractivity contribution in [2.75, 3.05) is 7.11 Å². The number of alkyl halides is 3. The van der Waals surface area contributed by atoms with Crippen LogP contribution in [-0.2, 0) is 17.1 Å². The molecular weight excluding hydrogens is 343 g/mol. The van der Waals surface area contributed by atoms with Crippen molar-refractivity contribution in [3.63, 3.8) is 0 Å². The number of nitrogens with one attached hydrogen (secondary N) is 1. The largest absolute Gasteiger partial charge is 0.467 e. The Hall–Kier alpha value is -2.46. The van der Waals surface area contributed by atoms with E-state index in [9.17, 15) is 13.2 Å². The molecule has 0 aliphatic heterocycles. The lowest BCUT2D eigenvalue weighted by Gasteiger charge is -2.07. The van der Waals surface area contributed by atoms with Crippen LogP contribution >= 0.6 is 0 Å². The molecule has 0 aliphatic carbocycles. The maximum atomic E-state index is 12.6. The Balaban J connectivity index is 1.96. The smallest absolute Gasteiger partial charge is 0.416 e. The zero-order chi connectivity index (χ0) is 17.3. The average Bonchev–Trinajstić information content (AvgIpc) is 2.96. The van der Waals surface area contributed by atoms with Crippen LogP contribution in [0.25, 0.3) is 11.0 Å². The molecule has 0 spiro atoms. The standard InChI is InChI=1S/C14H12F3N5OS/c1-23-13-20-6-10-12(21-13)11(7-19-10)22-24(18)9-4-2-8(3-5-9)14(15,16)17/h2-7,19H,1H3,(H2,18,22). The molecule has 0 fully saturated rings. The van der Waals surface area contributed by atoms with Crippen LogP contribution in [0.4, 0.5) is 18.9 Å². The Bertz CT molecular complexity index is 905. The second-order valence-electron chi connectivity index (χ2n) is 4.72. The summed E-state index contributed by atoms with van der Waals surface area (Å²) in [5, 5.41) is 6.00. The van der Waals surface area contributed by atoms with E-state index in [4.69, 9.17) is 9.88 Å². The molecule has 3 N–H and O–H groups in total. The van der Waals surface area contributed by atoms with Crippen LogP contribution in [0.1, 0.15) is 5.56 Å². The third-order valence-corrected chi connectivity index (χ3v) is 4.32. The van der Waals surface area contributed by atoms with E-state index in [1.165, 1.54) is 19.2 Å². The molecule has 0 saturated carbocycles. The number of halogens is 3. The molecular formula is C14H12F3N5OS. The first-order valence-electron chi connectivity index (χ1n) is 6.64. The van der Waals surface area contributed by atoms with E-state index in [0.29, 0.717) is 21.6 Å². The molecule has 1 aromatic carbocycles. The average molecular weight is 355 g/mol. The normalized spacial score (nSPS) is 13.4. The highest BCUT2D eigenvalue weighted by atomic mass is 32.2. The molecule has 2 heterocycles. The molecule has 3 aromatic rings. The van der Waals surface area contributed by atoms with Gasteiger partial charge in [0.05, 0.1) is 24.4 Å². The number of nitrogens with two attached hydrogens (primary N) is 1. The molecule has 126 valence electrons. The summed E-state index contributed by atoms with van der Waals surface area (Å²) in [4.78, 5) is 11.6. The predicted molar refractivity (Wildman–Crippen MR) is 83.8 cm³/mol. The molecule has 2 aromatic heterocycles. The Labute approximate surface area is 137 Å². The summed E-state index contributed by atoms with van der Waals surface area (Å²) in [6.45, 7) is 0. The fourth-order valence-corrected chi connectivity index (χ4v) is 2.86. The van der Waals surface area contributed by atoms with Gasteiger partial charge >= 0.3 is 12.2 Å². The maximum Gasteiger partial charge on any atom is 0.416 e. The second-order valence-corrected chi connectivity index (χ2v) is 6.00. The Morgan fingerprint density at radius 1 is 1.25 bits per heavy atom. The van der Waals surface area contributed by atoms with Crippen LogP contribution in [0.3, 0.4) is 0 Å². The zero-order valence-corrected chi connectivity index (χ0v) is 13.1. The molecule has 0 radical (unpaired) electrons. The molecule has 0 aliphatic rings. The first-order chi connectivity index (χ1) is 11.4. The predicted octanol–water partition coefficient (Wildman–Crippen LogP) is 3.35. The molecule has 1 atom stereocenters. The van der Waals surface area contributed by atoms with Gasteiger partial charge in [0.1, 0.15) is 11.2 Å². The SMILES string of the molecule is COc1ncc2[nH]cc(N=S(N)c3ccc(C(F)(F)F)cc3)c2n1. The van der Waals surface area contributed by atoms with Gasteiger partial charge in [-0.15, -0.1) is 0 Å². The lowest BCUT2D eigenvalue weighted by Crippen LogP contribution is -2.06. The highest BCUT2D eigenvalue weighted by Crippen LogP contribution is 2.30.